The van der Waals surface area contributed by atoms with E-state index in [9.17, 15) is 4.79 Å². The average molecular weight is 234 g/mol. The molecule has 0 aliphatic heterocycles. The van der Waals surface area contributed by atoms with E-state index in [1.54, 1.807) is 4.90 Å². The van der Waals surface area contributed by atoms with Gasteiger partial charge in [0.1, 0.15) is 0 Å². The van der Waals surface area contributed by atoms with E-state index in [1.165, 1.54) is 11.1 Å². The summed E-state index contributed by atoms with van der Waals surface area (Å²) in [7, 11) is 1.83. The number of nitrogens with zero attached hydrogens (tertiary/aromatic N) is 1. The number of nitrogens with one attached hydrogen (secondary N) is 1. The lowest BCUT2D eigenvalue weighted by molar-refractivity contribution is -0.129. The van der Waals surface area contributed by atoms with Gasteiger partial charge in [-0.05, 0) is 39.3 Å². The van der Waals surface area contributed by atoms with Crippen LogP contribution in [0.2, 0.25) is 0 Å². The van der Waals surface area contributed by atoms with E-state index in [-0.39, 0.29) is 11.9 Å². The quantitative estimate of drug-likeness (QED) is 0.868. The molecule has 0 aromatic heterocycles. The van der Waals surface area contributed by atoms with Gasteiger partial charge in [-0.25, -0.2) is 0 Å². The summed E-state index contributed by atoms with van der Waals surface area (Å²) in [5.41, 5.74) is 3.43. The molecular formula is C14H22N2O. The highest BCUT2D eigenvalue weighted by molar-refractivity contribution is 5.81. The second-order valence-electron chi connectivity index (χ2n) is 4.77. The lowest BCUT2D eigenvalue weighted by Gasteiger charge is -2.22. The molecule has 1 aromatic rings. The monoisotopic (exact) mass is 234 g/mol. The van der Waals surface area contributed by atoms with Crippen LogP contribution in [0.3, 0.4) is 0 Å². The Kier molecular flexibility index (Phi) is 4.55. The predicted octanol–water partition coefficient (Wildman–Crippen LogP) is 2.58. The third-order valence-corrected chi connectivity index (χ3v) is 2.98. The summed E-state index contributed by atoms with van der Waals surface area (Å²) in [5.74, 6) is 0.111. The molecule has 0 bridgehead atoms. The average Bonchev–Trinajstić information content (AvgIpc) is 2.26. The highest BCUT2D eigenvalue weighted by Crippen LogP contribution is 2.15. The smallest absolute Gasteiger partial charge is 0.241 e. The SMILES string of the molecule is Cc1ccc(NCC(=O)N(C)C(C)C)c(C)c1. The van der Waals surface area contributed by atoms with Crippen LogP contribution in [0.4, 0.5) is 5.69 Å². The maximum atomic E-state index is 11.8. The van der Waals surface area contributed by atoms with Crippen molar-refractivity contribution >= 4 is 11.6 Å². The molecule has 0 saturated carbocycles. The molecule has 0 radical (unpaired) electrons. The van der Waals surface area contributed by atoms with Crippen LogP contribution in [-0.2, 0) is 4.79 Å². The van der Waals surface area contributed by atoms with E-state index < -0.39 is 0 Å². The molecule has 1 rings (SSSR count). The number of amides is 1. The first kappa shape index (κ1) is 13.6. The third kappa shape index (κ3) is 3.77. The number of carbonyl (C=O) groups is 1. The van der Waals surface area contributed by atoms with Crippen LogP contribution in [0.25, 0.3) is 0 Å². The molecule has 1 N–H and O–H groups in total. The molecule has 0 heterocycles. The molecule has 94 valence electrons. The first-order chi connectivity index (χ1) is 7.91. The first-order valence-electron chi connectivity index (χ1n) is 5.98. The van der Waals surface area contributed by atoms with Crippen molar-refractivity contribution in [2.75, 3.05) is 18.9 Å². The standard InChI is InChI=1S/C14H22N2O/c1-10(2)16(5)14(17)9-15-13-7-6-11(3)8-12(13)4/h6-8,10,15H,9H2,1-5H3. The van der Waals surface area contributed by atoms with E-state index in [1.807, 2.05) is 40.0 Å². The van der Waals surface area contributed by atoms with Crippen molar-refractivity contribution in [2.45, 2.75) is 33.7 Å². The highest BCUT2D eigenvalue weighted by Gasteiger charge is 2.11. The van der Waals surface area contributed by atoms with Crippen LogP contribution in [-0.4, -0.2) is 30.4 Å². The first-order valence-corrected chi connectivity index (χ1v) is 5.98. The van der Waals surface area contributed by atoms with Gasteiger partial charge in [0.05, 0.1) is 6.54 Å². The zero-order chi connectivity index (χ0) is 13.0. The van der Waals surface area contributed by atoms with Crippen molar-refractivity contribution in [2.24, 2.45) is 0 Å². The molecule has 0 fully saturated rings. The minimum absolute atomic E-state index is 0.111. The van der Waals surface area contributed by atoms with Gasteiger partial charge < -0.3 is 10.2 Å². The Hall–Kier alpha value is -1.51. The summed E-state index contributed by atoms with van der Waals surface area (Å²) in [4.78, 5) is 13.5. The maximum absolute atomic E-state index is 11.8. The van der Waals surface area contributed by atoms with Crippen molar-refractivity contribution in [3.05, 3.63) is 29.3 Å². The number of carbonyl (C=O) groups excluding carboxylic acids is 1. The molecule has 0 aliphatic carbocycles. The number of rotatable bonds is 4. The summed E-state index contributed by atoms with van der Waals surface area (Å²) < 4.78 is 0. The summed E-state index contributed by atoms with van der Waals surface area (Å²) in [6.07, 6.45) is 0. The van der Waals surface area contributed by atoms with Gasteiger partial charge in [-0.2, -0.15) is 0 Å². The molecule has 0 spiro atoms. The Labute approximate surface area is 104 Å². The molecule has 0 unspecified atom stereocenters. The number of benzene rings is 1. The number of hydrogen-bond donors (Lipinski definition) is 1. The summed E-state index contributed by atoms with van der Waals surface area (Å²) >= 11 is 0. The molecular weight excluding hydrogens is 212 g/mol. The highest BCUT2D eigenvalue weighted by atomic mass is 16.2. The number of likely N-dealkylation sites (N-methyl/N-ethyl adjacent to an activating group) is 1. The van der Waals surface area contributed by atoms with Gasteiger partial charge in [-0.3, -0.25) is 4.79 Å². The van der Waals surface area contributed by atoms with Crippen LogP contribution in [0.15, 0.2) is 18.2 Å². The fourth-order valence-corrected chi connectivity index (χ4v) is 1.60. The van der Waals surface area contributed by atoms with Crippen molar-refractivity contribution in [1.82, 2.24) is 4.90 Å². The Balaban J connectivity index is 2.59. The van der Waals surface area contributed by atoms with Crippen molar-refractivity contribution in [3.8, 4) is 0 Å². The third-order valence-electron chi connectivity index (χ3n) is 2.98. The topological polar surface area (TPSA) is 32.3 Å². The van der Waals surface area contributed by atoms with E-state index >= 15 is 0 Å². The Bertz CT molecular complexity index is 399. The maximum Gasteiger partial charge on any atom is 0.241 e. The predicted molar refractivity (Wildman–Crippen MR) is 72.3 cm³/mol. The van der Waals surface area contributed by atoms with E-state index in [2.05, 4.69) is 18.3 Å². The Morgan fingerprint density at radius 1 is 1.35 bits per heavy atom. The molecule has 0 aliphatic rings. The van der Waals surface area contributed by atoms with Gasteiger partial charge in [0, 0.05) is 18.8 Å². The van der Waals surface area contributed by atoms with Gasteiger partial charge in [0.2, 0.25) is 5.91 Å². The fourth-order valence-electron chi connectivity index (χ4n) is 1.60. The van der Waals surface area contributed by atoms with Crippen LogP contribution in [0.5, 0.6) is 0 Å². The lowest BCUT2D eigenvalue weighted by atomic mass is 10.1. The second kappa shape index (κ2) is 5.71. The normalized spacial score (nSPS) is 10.5. The molecule has 0 saturated heterocycles. The zero-order valence-electron chi connectivity index (χ0n) is 11.4. The summed E-state index contributed by atoms with van der Waals surface area (Å²) in [6.45, 7) is 8.48. The van der Waals surface area contributed by atoms with Crippen LogP contribution in [0, 0.1) is 13.8 Å². The zero-order valence-corrected chi connectivity index (χ0v) is 11.4. The van der Waals surface area contributed by atoms with Crippen LogP contribution in [0.1, 0.15) is 25.0 Å². The number of anilines is 1. The fraction of sp³-hybridized carbons (Fsp3) is 0.500. The second-order valence-corrected chi connectivity index (χ2v) is 4.77. The van der Waals surface area contributed by atoms with Crippen LogP contribution < -0.4 is 5.32 Å². The van der Waals surface area contributed by atoms with E-state index in [0.29, 0.717) is 6.54 Å². The van der Waals surface area contributed by atoms with Gasteiger partial charge in [0.15, 0.2) is 0 Å². The van der Waals surface area contributed by atoms with Crippen molar-refractivity contribution in [3.63, 3.8) is 0 Å². The van der Waals surface area contributed by atoms with Gasteiger partial charge in [0.25, 0.3) is 0 Å². The summed E-state index contributed by atoms with van der Waals surface area (Å²) in [5, 5.41) is 3.18. The van der Waals surface area contributed by atoms with Gasteiger partial charge in [-0.1, -0.05) is 17.7 Å². The molecule has 0 atom stereocenters. The summed E-state index contributed by atoms with van der Waals surface area (Å²) in [6, 6.07) is 6.42. The van der Waals surface area contributed by atoms with E-state index in [0.717, 1.165) is 5.69 Å². The molecule has 3 nitrogen and oxygen atoms in total. The minimum Gasteiger partial charge on any atom is -0.376 e. The van der Waals surface area contributed by atoms with Gasteiger partial charge >= 0.3 is 0 Å². The Morgan fingerprint density at radius 3 is 2.53 bits per heavy atom. The Morgan fingerprint density at radius 2 is 2.00 bits per heavy atom. The van der Waals surface area contributed by atoms with Crippen molar-refractivity contribution < 1.29 is 4.79 Å². The molecule has 1 aromatic carbocycles. The molecule has 1 amide bonds. The minimum atomic E-state index is 0.111. The lowest BCUT2D eigenvalue weighted by Crippen LogP contribution is -2.37. The molecule has 3 heteroatoms. The van der Waals surface area contributed by atoms with Crippen LogP contribution >= 0.6 is 0 Å². The number of hydrogen-bond acceptors (Lipinski definition) is 2. The number of aryl methyl sites for hydroxylation is 2. The van der Waals surface area contributed by atoms with Crippen molar-refractivity contribution in [1.29, 1.82) is 0 Å². The van der Waals surface area contributed by atoms with E-state index in [4.69, 9.17) is 0 Å². The van der Waals surface area contributed by atoms with Gasteiger partial charge in [-0.15, -0.1) is 0 Å². The molecule has 17 heavy (non-hydrogen) atoms. The largest absolute Gasteiger partial charge is 0.376 e.